The smallest absolute Gasteiger partial charge is 0.338 e. The Kier molecular flexibility index (Phi) is 6.40. The number of thiazole rings is 1. The molecule has 1 aliphatic heterocycles. The lowest BCUT2D eigenvalue weighted by atomic mass is 9.96. The fourth-order valence-electron chi connectivity index (χ4n) is 4.07. The molecule has 8 heteroatoms. The standard InChI is InChI=1S/C27H21BrN2O4S/c1-3-33-26(32)23-16(2)29-27-30(24(23)18-7-5-4-6-8-18)25(31)22(35-27)15-20-13-14-21(34-20)17-9-11-19(28)12-10-17/h4-15,24H,3H2,1-2H3/b22-15+/t24-/m1/s1. The first-order valence-electron chi connectivity index (χ1n) is 11.1. The van der Waals surface area contributed by atoms with E-state index in [0.29, 0.717) is 32.1 Å². The van der Waals surface area contributed by atoms with Gasteiger partial charge < -0.3 is 9.15 Å². The molecule has 5 rings (SSSR count). The van der Waals surface area contributed by atoms with Gasteiger partial charge in [0, 0.05) is 16.1 Å². The first kappa shape index (κ1) is 23.3. The monoisotopic (exact) mass is 548 g/mol. The number of rotatable bonds is 5. The number of furan rings is 1. The Bertz CT molecular complexity index is 1610. The van der Waals surface area contributed by atoms with Crippen LogP contribution in [-0.2, 0) is 9.53 Å². The molecule has 0 aliphatic carbocycles. The molecule has 0 spiro atoms. The minimum atomic E-state index is -0.622. The van der Waals surface area contributed by atoms with Gasteiger partial charge in [-0.25, -0.2) is 9.79 Å². The summed E-state index contributed by atoms with van der Waals surface area (Å²) in [4.78, 5) is 31.6. The number of esters is 1. The summed E-state index contributed by atoms with van der Waals surface area (Å²) in [5, 5.41) is 0. The molecule has 176 valence electrons. The van der Waals surface area contributed by atoms with Crippen molar-refractivity contribution in [3.05, 3.63) is 113 Å². The summed E-state index contributed by atoms with van der Waals surface area (Å²) >= 11 is 4.71. The van der Waals surface area contributed by atoms with Crippen LogP contribution >= 0.6 is 27.3 Å². The van der Waals surface area contributed by atoms with E-state index in [1.54, 1.807) is 24.5 Å². The van der Waals surface area contributed by atoms with Crippen molar-refractivity contribution in [2.45, 2.75) is 19.9 Å². The number of fused-ring (bicyclic) bond motifs is 1. The van der Waals surface area contributed by atoms with E-state index in [4.69, 9.17) is 9.15 Å². The summed E-state index contributed by atoms with van der Waals surface area (Å²) in [6.45, 7) is 3.77. The number of hydrogen-bond donors (Lipinski definition) is 0. The molecular formula is C27H21BrN2O4S. The molecule has 2 aromatic carbocycles. The minimum Gasteiger partial charge on any atom is -0.463 e. The van der Waals surface area contributed by atoms with Gasteiger partial charge in [-0.15, -0.1) is 0 Å². The molecule has 0 saturated carbocycles. The van der Waals surface area contributed by atoms with Crippen molar-refractivity contribution >= 4 is 39.3 Å². The number of halogens is 1. The van der Waals surface area contributed by atoms with Gasteiger partial charge in [0.1, 0.15) is 11.5 Å². The molecule has 0 amide bonds. The van der Waals surface area contributed by atoms with E-state index < -0.39 is 12.0 Å². The maximum Gasteiger partial charge on any atom is 0.338 e. The zero-order valence-electron chi connectivity index (χ0n) is 19.0. The van der Waals surface area contributed by atoms with Crippen LogP contribution in [0.5, 0.6) is 0 Å². The van der Waals surface area contributed by atoms with E-state index in [0.717, 1.165) is 15.6 Å². The van der Waals surface area contributed by atoms with Crippen molar-refractivity contribution in [3.63, 3.8) is 0 Å². The molecule has 0 saturated heterocycles. The lowest BCUT2D eigenvalue weighted by Crippen LogP contribution is -2.39. The van der Waals surface area contributed by atoms with E-state index in [9.17, 15) is 9.59 Å². The van der Waals surface area contributed by atoms with Gasteiger partial charge in [0.05, 0.1) is 28.5 Å². The van der Waals surface area contributed by atoms with Gasteiger partial charge in [-0.3, -0.25) is 9.36 Å². The molecule has 3 heterocycles. The largest absolute Gasteiger partial charge is 0.463 e. The number of hydrogen-bond acceptors (Lipinski definition) is 6. The first-order valence-corrected chi connectivity index (χ1v) is 12.7. The highest BCUT2D eigenvalue weighted by atomic mass is 79.9. The molecule has 6 nitrogen and oxygen atoms in total. The van der Waals surface area contributed by atoms with Crippen molar-refractivity contribution in [3.8, 4) is 11.3 Å². The van der Waals surface area contributed by atoms with Crippen LogP contribution in [0.15, 0.2) is 96.7 Å². The van der Waals surface area contributed by atoms with Gasteiger partial charge in [0.2, 0.25) is 0 Å². The average molecular weight is 549 g/mol. The highest BCUT2D eigenvalue weighted by Gasteiger charge is 2.33. The molecule has 0 N–H and O–H groups in total. The van der Waals surface area contributed by atoms with Crippen LogP contribution in [0.1, 0.15) is 31.2 Å². The molecule has 0 bridgehead atoms. The zero-order chi connectivity index (χ0) is 24.5. The lowest BCUT2D eigenvalue weighted by Gasteiger charge is -2.24. The highest BCUT2D eigenvalue weighted by Crippen LogP contribution is 2.30. The van der Waals surface area contributed by atoms with Crippen LogP contribution in [0.4, 0.5) is 0 Å². The Morgan fingerprint density at radius 3 is 2.60 bits per heavy atom. The molecule has 0 unspecified atom stereocenters. The van der Waals surface area contributed by atoms with Crippen molar-refractivity contribution in [1.29, 1.82) is 0 Å². The number of benzene rings is 2. The Hall–Kier alpha value is -3.49. The second-order valence-electron chi connectivity index (χ2n) is 7.92. The average Bonchev–Trinajstić information content (AvgIpc) is 3.44. The Balaban J connectivity index is 1.62. The Labute approximate surface area is 213 Å². The van der Waals surface area contributed by atoms with E-state index in [-0.39, 0.29) is 12.2 Å². The van der Waals surface area contributed by atoms with Crippen molar-refractivity contribution < 1.29 is 13.9 Å². The predicted molar refractivity (Wildman–Crippen MR) is 139 cm³/mol. The number of ether oxygens (including phenoxy) is 1. The molecule has 4 aromatic rings. The van der Waals surface area contributed by atoms with E-state index >= 15 is 0 Å². The molecule has 0 fully saturated rings. The highest BCUT2D eigenvalue weighted by molar-refractivity contribution is 9.10. The van der Waals surface area contributed by atoms with Crippen molar-refractivity contribution in [1.82, 2.24) is 4.57 Å². The van der Waals surface area contributed by atoms with Crippen molar-refractivity contribution in [2.24, 2.45) is 4.99 Å². The third kappa shape index (κ3) is 4.47. The summed E-state index contributed by atoms with van der Waals surface area (Å²) in [5.74, 6) is 0.798. The number of allylic oxidation sites excluding steroid dienone is 1. The molecule has 35 heavy (non-hydrogen) atoms. The quantitative estimate of drug-likeness (QED) is 0.335. The second kappa shape index (κ2) is 9.64. The second-order valence-corrected chi connectivity index (χ2v) is 9.85. The van der Waals surface area contributed by atoms with Gasteiger partial charge in [-0.1, -0.05) is 69.7 Å². The van der Waals surface area contributed by atoms with Crippen LogP contribution < -0.4 is 14.9 Å². The van der Waals surface area contributed by atoms with Crippen molar-refractivity contribution in [2.75, 3.05) is 6.61 Å². The van der Waals surface area contributed by atoms with Gasteiger partial charge in [-0.05, 0) is 43.7 Å². The third-order valence-corrected chi connectivity index (χ3v) is 7.17. The molecule has 1 atom stereocenters. The molecule has 2 aromatic heterocycles. The number of nitrogens with zero attached hydrogens (tertiary/aromatic N) is 2. The Morgan fingerprint density at radius 2 is 1.89 bits per heavy atom. The maximum absolute atomic E-state index is 13.6. The summed E-state index contributed by atoms with van der Waals surface area (Å²) in [7, 11) is 0. The van der Waals surface area contributed by atoms with Gasteiger partial charge in [0.15, 0.2) is 4.80 Å². The topological polar surface area (TPSA) is 73.8 Å². The van der Waals surface area contributed by atoms with E-state index in [1.807, 2.05) is 66.7 Å². The summed E-state index contributed by atoms with van der Waals surface area (Å²) < 4.78 is 14.3. The zero-order valence-corrected chi connectivity index (χ0v) is 21.4. The summed E-state index contributed by atoms with van der Waals surface area (Å²) in [6.07, 6.45) is 1.72. The van der Waals surface area contributed by atoms with Crippen LogP contribution in [0.3, 0.4) is 0 Å². The van der Waals surface area contributed by atoms with E-state index in [2.05, 4.69) is 20.9 Å². The van der Waals surface area contributed by atoms with Crippen LogP contribution in [0.25, 0.3) is 17.4 Å². The fraction of sp³-hybridized carbons (Fsp3) is 0.148. The molecule has 1 aliphatic rings. The SMILES string of the molecule is CCOC(=O)C1=C(C)N=c2s/c(=C/c3ccc(-c4ccc(Br)cc4)o3)c(=O)n2[C@@H]1c1ccccc1. The number of carbonyl (C=O) groups excluding carboxylic acids is 1. The third-order valence-electron chi connectivity index (χ3n) is 5.66. The van der Waals surface area contributed by atoms with Crippen LogP contribution in [0, 0.1) is 0 Å². The summed E-state index contributed by atoms with van der Waals surface area (Å²) in [5.41, 5.74) is 2.42. The van der Waals surface area contributed by atoms with Crippen LogP contribution in [-0.4, -0.2) is 17.1 Å². The lowest BCUT2D eigenvalue weighted by molar-refractivity contribution is -0.139. The van der Waals surface area contributed by atoms with Crippen LogP contribution in [0.2, 0.25) is 0 Å². The van der Waals surface area contributed by atoms with Gasteiger partial charge >= 0.3 is 5.97 Å². The van der Waals surface area contributed by atoms with Gasteiger partial charge in [0.25, 0.3) is 5.56 Å². The maximum atomic E-state index is 13.6. The molecule has 0 radical (unpaired) electrons. The number of aromatic nitrogens is 1. The minimum absolute atomic E-state index is 0.237. The molecular weight excluding hydrogens is 528 g/mol. The predicted octanol–water partition coefficient (Wildman–Crippen LogP) is 4.82. The number of carbonyl (C=O) groups is 1. The van der Waals surface area contributed by atoms with Gasteiger partial charge in [-0.2, -0.15) is 0 Å². The first-order chi connectivity index (χ1) is 17.0. The normalized spacial score (nSPS) is 15.6. The fourth-order valence-corrected chi connectivity index (χ4v) is 5.36. The van der Waals surface area contributed by atoms with E-state index in [1.165, 1.54) is 11.3 Å². The summed E-state index contributed by atoms with van der Waals surface area (Å²) in [6, 6.07) is 20.4. The Morgan fingerprint density at radius 1 is 1.14 bits per heavy atom.